The maximum atomic E-state index is 12.7. The number of rotatable bonds is 3. The first-order valence-corrected chi connectivity index (χ1v) is 13.0. The molecule has 8 nitrogen and oxygen atoms in total. The molecule has 0 aromatic heterocycles. The Balaban J connectivity index is 1.79. The summed E-state index contributed by atoms with van der Waals surface area (Å²) >= 11 is 0. The number of anilines is 3. The molecule has 0 bridgehead atoms. The maximum Gasteiger partial charge on any atom is 0.414 e. The Morgan fingerprint density at radius 1 is 1.06 bits per heavy atom. The van der Waals surface area contributed by atoms with Crippen LogP contribution in [0.4, 0.5) is 21.9 Å². The average Bonchev–Trinajstić information content (AvgIpc) is 2.76. The van der Waals surface area contributed by atoms with Gasteiger partial charge in [0.2, 0.25) is 15.9 Å². The molecule has 0 saturated heterocycles. The number of nitrogens with zero attached hydrogens (tertiary/aromatic N) is 3. The van der Waals surface area contributed by atoms with Crippen molar-refractivity contribution in [2.75, 3.05) is 40.1 Å². The largest absolute Gasteiger partial charge is 0.449 e. The van der Waals surface area contributed by atoms with E-state index < -0.39 is 16.1 Å². The summed E-state index contributed by atoms with van der Waals surface area (Å²) in [6.45, 7) is 6.26. The van der Waals surface area contributed by atoms with E-state index >= 15 is 0 Å². The molecule has 2 aromatic rings. The molecule has 0 radical (unpaired) electrons. The average molecular weight is 472 g/mol. The SMILES string of the molecule is CCOC(=O)N1CC(C)N(C(C)=O)c2ccc(-c3ccc4c(c3)CCCN4S(C)(=O)=O)cc21. The van der Waals surface area contributed by atoms with Crippen LogP contribution in [0.2, 0.25) is 0 Å². The van der Waals surface area contributed by atoms with E-state index in [2.05, 4.69) is 0 Å². The van der Waals surface area contributed by atoms with Crippen molar-refractivity contribution in [2.45, 2.75) is 39.7 Å². The standard InChI is InChI=1S/C24H29N3O5S/c1-5-32-24(29)25-15-16(2)27(17(3)28)22-11-9-19(14-23(22)25)18-8-10-21-20(13-18)7-6-12-26(21)33(4,30)31/h8-11,13-14,16H,5-7,12,15H2,1-4H3. The number of aryl methyl sites for hydroxylation is 1. The van der Waals surface area contributed by atoms with Crippen molar-refractivity contribution < 1.29 is 22.7 Å². The van der Waals surface area contributed by atoms with Gasteiger partial charge in [-0.25, -0.2) is 13.2 Å². The van der Waals surface area contributed by atoms with Gasteiger partial charge < -0.3 is 9.64 Å². The molecule has 2 aromatic carbocycles. The van der Waals surface area contributed by atoms with Gasteiger partial charge in [0.1, 0.15) is 0 Å². The highest BCUT2D eigenvalue weighted by Gasteiger charge is 2.34. The van der Waals surface area contributed by atoms with Gasteiger partial charge in [-0.1, -0.05) is 12.1 Å². The molecule has 2 aliphatic rings. The molecule has 1 atom stereocenters. The van der Waals surface area contributed by atoms with E-state index in [9.17, 15) is 18.0 Å². The normalized spacial score (nSPS) is 17.9. The van der Waals surface area contributed by atoms with Crippen molar-refractivity contribution in [2.24, 2.45) is 0 Å². The fourth-order valence-corrected chi connectivity index (χ4v) is 5.74. The lowest BCUT2D eigenvalue weighted by Gasteiger charge is -2.40. The van der Waals surface area contributed by atoms with Crippen LogP contribution < -0.4 is 14.1 Å². The summed E-state index contributed by atoms with van der Waals surface area (Å²) in [5.74, 6) is -0.0883. The molecule has 2 amide bonds. The maximum absolute atomic E-state index is 12.7. The predicted molar refractivity (Wildman–Crippen MR) is 129 cm³/mol. The molecular formula is C24H29N3O5S. The quantitative estimate of drug-likeness (QED) is 0.680. The Hall–Kier alpha value is -3.07. The Labute approximate surface area is 194 Å². The minimum atomic E-state index is -3.33. The number of carbonyl (C=O) groups excluding carboxylic acids is 2. The van der Waals surface area contributed by atoms with Gasteiger partial charge in [0, 0.05) is 20.0 Å². The van der Waals surface area contributed by atoms with E-state index in [1.165, 1.54) is 17.5 Å². The number of hydrogen-bond donors (Lipinski definition) is 0. The molecule has 176 valence electrons. The summed E-state index contributed by atoms with van der Waals surface area (Å²) in [6.07, 6.45) is 2.34. The zero-order valence-corrected chi connectivity index (χ0v) is 20.2. The van der Waals surface area contributed by atoms with Crippen LogP contribution in [-0.4, -0.2) is 52.4 Å². The van der Waals surface area contributed by atoms with Crippen LogP contribution >= 0.6 is 0 Å². The van der Waals surface area contributed by atoms with Gasteiger partial charge >= 0.3 is 6.09 Å². The molecule has 2 aliphatic heterocycles. The number of carbonyl (C=O) groups is 2. The van der Waals surface area contributed by atoms with Gasteiger partial charge in [0.15, 0.2) is 0 Å². The second kappa shape index (κ2) is 8.70. The molecule has 9 heteroatoms. The summed E-state index contributed by atoms with van der Waals surface area (Å²) in [6, 6.07) is 11.2. The van der Waals surface area contributed by atoms with Gasteiger partial charge in [-0.15, -0.1) is 0 Å². The second-order valence-electron chi connectivity index (χ2n) is 8.53. The fourth-order valence-electron chi connectivity index (χ4n) is 4.75. The molecular weight excluding hydrogens is 442 g/mol. The molecule has 0 spiro atoms. The lowest BCUT2D eigenvalue weighted by molar-refractivity contribution is -0.117. The Bertz CT molecular complexity index is 1210. The topological polar surface area (TPSA) is 87.2 Å². The number of sulfonamides is 1. The van der Waals surface area contributed by atoms with E-state index in [1.54, 1.807) is 16.7 Å². The molecule has 0 aliphatic carbocycles. The zero-order valence-electron chi connectivity index (χ0n) is 19.4. The van der Waals surface area contributed by atoms with E-state index in [4.69, 9.17) is 4.74 Å². The summed E-state index contributed by atoms with van der Waals surface area (Å²) in [4.78, 5) is 28.3. The third kappa shape index (κ3) is 4.29. The van der Waals surface area contributed by atoms with Crippen LogP contribution in [0.25, 0.3) is 11.1 Å². The number of fused-ring (bicyclic) bond motifs is 2. The number of ether oxygens (including phenoxy) is 1. The lowest BCUT2D eigenvalue weighted by atomic mass is 9.96. The summed E-state index contributed by atoms with van der Waals surface area (Å²) in [5, 5.41) is 0. The fraction of sp³-hybridized carbons (Fsp3) is 0.417. The molecule has 0 saturated carbocycles. The summed E-state index contributed by atoms with van der Waals surface area (Å²) < 4.78 is 31.1. The van der Waals surface area contributed by atoms with E-state index in [0.717, 1.165) is 35.2 Å². The molecule has 0 N–H and O–H groups in total. The first-order valence-electron chi connectivity index (χ1n) is 11.1. The Morgan fingerprint density at radius 2 is 1.73 bits per heavy atom. The van der Waals surface area contributed by atoms with Crippen molar-refractivity contribution in [3.05, 3.63) is 42.0 Å². The number of benzene rings is 2. The van der Waals surface area contributed by atoms with Crippen LogP contribution in [0.3, 0.4) is 0 Å². The van der Waals surface area contributed by atoms with Crippen molar-refractivity contribution >= 4 is 39.1 Å². The van der Waals surface area contributed by atoms with Crippen molar-refractivity contribution in [1.82, 2.24) is 0 Å². The Kier molecular flexibility index (Phi) is 6.09. The van der Waals surface area contributed by atoms with Crippen LogP contribution in [0.1, 0.15) is 32.8 Å². The third-order valence-corrected chi connectivity index (χ3v) is 7.31. The summed E-state index contributed by atoms with van der Waals surface area (Å²) in [5.41, 5.74) is 4.77. The van der Waals surface area contributed by atoms with Crippen LogP contribution in [0.15, 0.2) is 36.4 Å². The van der Waals surface area contributed by atoms with Crippen molar-refractivity contribution in [3.63, 3.8) is 0 Å². The predicted octanol–water partition coefficient (Wildman–Crippen LogP) is 3.78. The second-order valence-corrected chi connectivity index (χ2v) is 10.4. The zero-order chi connectivity index (χ0) is 23.9. The van der Waals surface area contributed by atoms with Gasteiger partial charge in [-0.3, -0.25) is 14.0 Å². The van der Waals surface area contributed by atoms with Gasteiger partial charge in [-0.2, -0.15) is 0 Å². The monoisotopic (exact) mass is 471 g/mol. The third-order valence-electron chi connectivity index (χ3n) is 6.13. The minimum absolute atomic E-state index is 0.0883. The minimum Gasteiger partial charge on any atom is -0.449 e. The molecule has 1 unspecified atom stereocenters. The highest BCUT2D eigenvalue weighted by Crippen LogP contribution is 2.40. The smallest absolute Gasteiger partial charge is 0.414 e. The lowest BCUT2D eigenvalue weighted by Crippen LogP contribution is -2.51. The highest BCUT2D eigenvalue weighted by molar-refractivity contribution is 7.92. The summed E-state index contributed by atoms with van der Waals surface area (Å²) in [7, 11) is -3.33. The van der Waals surface area contributed by atoms with E-state index in [-0.39, 0.29) is 18.6 Å². The van der Waals surface area contributed by atoms with Crippen molar-refractivity contribution in [1.29, 1.82) is 0 Å². The van der Waals surface area contributed by atoms with Crippen LogP contribution in [0, 0.1) is 0 Å². The van der Waals surface area contributed by atoms with Crippen LogP contribution in [-0.2, 0) is 26.0 Å². The molecule has 0 fully saturated rings. The molecule has 2 heterocycles. The Morgan fingerprint density at radius 3 is 2.36 bits per heavy atom. The van der Waals surface area contributed by atoms with Gasteiger partial charge in [0.25, 0.3) is 0 Å². The number of amides is 2. The molecule has 4 rings (SSSR count). The van der Waals surface area contributed by atoms with Crippen molar-refractivity contribution in [3.8, 4) is 11.1 Å². The highest BCUT2D eigenvalue weighted by atomic mass is 32.2. The van der Waals surface area contributed by atoms with Crippen LogP contribution in [0.5, 0.6) is 0 Å². The van der Waals surface area contributed by atoms with E-state index in [1.807, 2.05) is 43.3 Å². The van der Waals surface area contributed by atoms with Gasteiger partial charge in [0.05, 0.1) is 36.0 Å². The number of hydrogen-bond acceptors (Lipinski definition) is 5. The first kappa shape index (κ1) is 23.1. The molecule has 33 heavy (non-hydrogen) atoms. The van der Waals surface area contributed by atoms with E-state index in [0.29, 0.717) is 24.5 Å². The van der Waals surface area contributed by atoms with Gasteiger partial charge in [-0.05, 0) is 67.6 Å². The first-order chi connectivity index (χ1) is 15.6.